The lowest BCUT2D eigenvalue weighted by atomic mass is 9.97. The van der Waals surface area contributed by atoms with Crippen molar-refractivity contribution in [3.05, 3.63) is 21.3 Å². The van der Waals surface area contributed by atoms with Crippen LogP contribution in [0.1, 0.15) is 17.7 Å². The molecule has 1 atom stereocenters. The Labute approximate surface area is 96.6 Å². The van der Waals surface area contributed by atoms with Gasteiger partial charge in [-0.1, -0.05) is 11.6 Å². The van der Waals surface area contributed by atoms with E-state index in [4.69, 9.17) is 11.6 Å². The van der Waals surface area contributed by atoms with Crippen molar-refractivity contribution in [1.82, 2.24) is 0 Å². The van der Waals surface area contributed by atoms with Gasteiger partial charge in [-0.15, -0.1) is 11.3 Å². The zero-order chi connectivity index (χ0) is 11.1. The van der Waals surface area contributed by atoms with Crippen molar-refractivity contribution in [3.63, 3.8) is 0 Å². The van der Waals surface area contributed by atoms with Crippen LogP contribution in [0.2, 0.25) is 5.02 Å². The van der Waals surface area contributed by atoms with E-state index in [2.05, 4.69) is 4.74 Å². The van der Waals surface area contributed by atoms with Crippen LogP contribution in [0, 0.1) is 0 Å². The molecule has 0 aromatic carbocycles. The minimum absolute atomic E-state index is 0.488. The van der Waals surface area contributed by atoms with Crippen molar-refractivity contribution < 1.29 is 14.6 Å². The zero-order valence-corrected chi connectivity index (χ0v) is 9.77. The number of halogens is 1. The molecule has 1 aliphatic rings. The van der Waals surface area contributed by atoms with Crippen molar-refractivity contribution in [3.8, 4) is 0 Å². The number of ether oxygens (including phenoxy) is 1. The number of carbonyl (C=O) groups excluding carboxylic acids is 1. The van der Waals surface area contributed by atoms with E-state index in [0.29, 0.717) is 5.02 Å². The second-order valence-corrected chi connectivity index (χ2v) is 5.00. The fourth-order valence-corrected chi connectivity index (χ4v) is 3.28. The van der Waals surface area contributed by atoms with Crippen molar-refractivity contribution in [2.75, 3.05) is 7.11 Å². The summed E-state index contributed by atoms with van der Waals surface area (Å²) in [5, 5.41) is 12.4. The first kappa shape index (κ1) is 10.9. The molecule has 2 rings (SSSR count). The summed E-state index contributed by atoms with van der Waals surface area (Å²) in [6, 6.07) is 1.78. The van der Waals surface area contributed by atoms with Gasteiger partial charge in [-0.3, -0.25) is 0 Å². The van der Waals surface area contributed by atoms with Crippen LogP contribution in [0.4, 0.5) is 0 Å². The number of rotatable bonds is 3. The summed E-state index contributed by atoms with van der Waals surface area (Å²) in [6.07, 6.45) is 0.464. The SMILES string of the molecule is COC(=O)C(O)C1(c2sccc2Cl)CC1. The molecule has 1 saturated carbocycles. The Bertz CT molecular complexity index is 384. The first-order valence-corrected chi connectivity index (χ1v) is 5.87. The van der Waals surface area contributed by atoms with Crippen molar-refractivity contribution >= 4 is 28.9 Å². The van der Waals surface area contributed by atoms with E-state index in [-0.39, 0.29) is 0 Å². The predicted octanol–water partition coefficient (Wildman–Crippen LogP) is 1.97. The van der Waals surface area contributed by atoms with Crippen LogP contribution in [0.25, 0.3) is 0 Å². The molecule has 1 aliphatic carbocycles. The third-order valence-corrected chi connectivity index (χ3v) is 4.37. The lowest BCUT2D eigenvalue weighted by Crippen LogP contribution is -2.34. The largest absolute Gasteiger partial charge is 0.467 e. The van der Waals surface area contributed by atoms with E-state index in [1.165, 1.54) is 18.4 Å². The highest BCUT2D eigenvalue weighted by Gasteiger charge is 2.55. The Balaban J connectivity index is 2.28. The topological polar surface area (TPSA) is 46.5 Å². The van der Waals surface area contributed by atoms with Crippen molar-refractivity contribution in [1.29, 1.82) is 0 Å². The summed E-state index contributed by atoms with van der Waals surface area (Å²) in [6.45, 7) is 0. The molecular weight excluding hydrogens is 236 g/mol. The molecule has 0 spiro atoms. The molecule has 1 heterocycles. The number of aliphatic hydroxyl groups excluding tert-OH is 1. The zero-order valence-electron chi connectivity index (χ0n) is 8.20. The normalized spacial score (nSPS) is 19.7. The second-order valence-electron chi connectivity index (χ2n) is 3.68. The van der Waals surface area contributed by atoms with E-state index in [1.54, 1.807) is 6.07 Å². The minimum Gasteiger partial charge on any atom is -0.467 e. The van der Waals surface area contributed by atoms with Gasteiger partial charge in [-0.25, -0.2) is 4.79 Å². The Morgan fingerprint density at radius 2 is 2.40 bits per heavy atom. The maximum atomic E-state index is 11.3. The van der Waals surface area contributed by atoms with Crippen LogP contribution < -0.4 is 0 Å². The van der Waals surface area contributed by atoms with Crippen molar-refractivity contribution in [2.24, 2.45) is 0 Å². The van der Waals surface area contributed by atoms with E-state index < -0.39 is 17.5 Å². The summed E-state index contributed by atoms with van der Waals surface area (Å²) in [4.78, 5) is 12.2. The van der Waals surface area contributed by atoms with Crippen LogP contribution >= 0.6 is 22.9 Å². The number of hydrogen-bond donors (Lipinski definition) is 1. The standard InChI is InChI=1S/C10H11ClO3S/c1-14-9(13)7(12)10(3-4-10)8-6(11)2-5-15-8/h2,5,7,12H,3-4H2,1H3. The molecule has 0 amide bonds. The highest BCUT2D eigenvalue weighted by Crippen LogP contribution is 2.55. The Morgan fingerprint density at radius 3 is 2.80 bits per heavy atom. The van der Waals surface area contributed by atoms with Gasteiger partial charge >= 0.3 is 5.97 Å². The predicted molar refractivity (Wildman–Crippen MR) is 58.3 cm³/mol. The molecule has 82 valence electrons. The number of methoxy groups -OCH3 is 1. The molecule has 0 saturated heterocycles. The third kappa shape index (κ3) is 1.67. The van der Waals surface area contributed by atoms with Gasteiger partial charge in [0, 0.05) is 10.3 Å². The summed E-state index contributed by atoms with van der Waals surface area (Å²) in [5.41, 5.74) is -0.488. The molecule has 1 fully saturated rings. The smallest absolute Gasteiger partial charge is 0.335 e. The summed E-state index contributed by atoms with van der Waals surface area (Å²) in [5.74, 6) is -0.586. The van der Waals surface area contributed by atoms with E-state index in [0.717, 1.165) is 17.7 Å². The Kier molecular flexibility index (Phi) is 2.75. The average Bonchev–Trinajstić information content (AvgIpc) is 2.94. The fourth-order valence-electron chi connectivity index (χ4n) is 1.75. The van der Waals surface area contributed by atoms with Crippen LogP contribution in [0.5, 0.6) is 0 Å². The van der Waals surface area contributed by atoms with Gasteiger partial charge in [-0.2, -0.15) is 0 Å². The maximum Gasteiger partial charge on any atom is 0.335 e. The fraction of sp³-hybridized carbons (Fsp3) is 0.500. The molecule has 0 radical (unpaired) electrons. The molecule has 0 aliphatic heterocycles. The van der Waals surface area contributed by atoms with Crippen LogP contribution in [-0.2, 0) is 14.9 Å². The first-order chi connectivity index (χ1) is 7.12. The monoisotopic (exact) mass is 246 g/mol. The number of esters is 1. The van der Waals surface area contributed by atoms with E-state index in [1.807, 2.05) is 5.38 Å². The first-order valence-electron chi connectivity index (χ1n) is 4.61. The molecule has 1 N–H and O–H groups in total. The summed E-state index contributed by atoms with van der Waals surface area (Å²) in [7, 11) is 1.28. The Morgan fingerprint density at radius 1 is 1.73 bits per heavy atom. The van der Waals surface area contributed by atoms with Gasteiger partial charge < -0.3 is 9.84 Å². The number of aliphatic hydroxyl groups is 1. The molecule has 1 unspecified atom stereocenters. The van der Waals surface area contributed by atoms with Gasteiger partial charge in [-0.05, 0) is 24.3 Å². The number of hydrogen-bond acceptors (Lipinski definition) is 4. The average molecular weight is 247 g/mol. The van der Waals surface area contributed by atoms with Gasteiger partial charge in [0.25, 0.3) is 0 Å². The molecule has 5 heteroatoms. The summed E-state index contributed by atoms with van der Waals surface area (Å²) < 4.78 is 4.55. The van der Waals surface area contributed by atoms with E-state index >= 15 is 0 Å². The molecule has 15 heavy (non-hydrogen) atoms. The van der Waals surface area contributed by atoms with Gasteiger partial charge in [0.15, 0.2) is 6.10 Å². The molecular formula is C10H11ClO3S. The molecule has 0 bridgehead atoms. The second kappa shape index (κ2) is 3.77. The summed E-state index contributed by atoms with van der Waals surface area (Å²) >= 11 is 7.48. The molecule has 1 aromatic rings. The number of thiophene rings is 1. The van der Waals surface area contributed by atoms with Gasteiger partial charge in [0.2, 0.25) is 0 Å². The van der Waals surface area contributed by atoms with E-state index in [9.17, 15) is 9.90 Å². The van der Waals surface area contributed by atoms with Crippen LogP contribution in [0.3, 0.4) is 0 Å². The van der Waals surface area contributed by atoms with Gasteiger partial charge in [0.05, 0.1) is 12.1 Å². The van der Waals surface area contributed by atoms with Gasteiger partial charge in [0.1, 0.15) is 0 Å². The lowest BCUT2D eigenvalue weighted by Gasteiger charge is -2.19. The molecule has 3 nitrogen and oxygen atoms in total. The highest BCUT2D eigenvalue weighted by molar-refractivity contribution is 7.10. The maximum absolute atomic E-state index is 11.3. The number of carbonyl (C=O) groups is 1. The Hall–Kier alpha value is -0.580. The minimum atomic E-state index is -1.10. The lowest BCUT2D eigenvalue weighted by molar-refractivity contribution is -0.152. The van der Waals surface area contributed by atoms with Crippen LogP contribution in [-0.4, -0.2) is 24.3 Å². The van der Waals surface area contributed by atoms with Crippen LogP contribution in [0.15, 0.2) is 11.4 Å². The molecule has 1 aromatic heterocycles. The van der Waals surface area contributed by atoms with Crippen molar-refractivity contribution in [2.45, 2.75) is 24.4 Å². The third-order valence-electron chi connectivity index (χ3n) is 2.81. The highest BCUT2D eigenvalue weighted by atomic mass is 35.5. The quantitative estimate of drug-likeness (QED) is 0.830.